The first kappa shape index (κ1) is 13.7. The van der Waals surface area contributed by atoms with Gasteiger partial charge in [-0.25, -0.2) is 0 Å². The number of benzene rings is 2. The van der Waals surface area contributed by atoms with Crippen molar-refractivity contribution in [3.8, 4) is 0 Å². The highest BCUT2D eigenvalue weighted by Gasteiger charge is 2.08. The maximum Gasteiger partial charge on any atom is 0.255 e. The normalized spacial score (nSPS) is 10.1. The molecule has 98 valence electrons. The zero-order chi connectivity index (χ0) is 13.8. The second kappa shape index (κ2) is 5.95. The highest BCUT2D eigenvalue weighted by Crippen LogP contribution is 2.26. The maximum absolute atomic E-state index is 12.0. The average Bonchev–Trinajstić information content (AvgIpc) is 2.43. The summed E-state index contributed by atoms with van der Waals surface area (Å²) < 4.78 is 0. The average molecular weight is 295 g/mol. The van der Waals surface area contributed by atoms with Crippen molar-refractivity contribution in [1.82, 2.24) is 0 Å². The van der Waals surface area contributed by atoms with E-state index in [1.807, 2.05) is 19.2 Å². The van der Waals surface area contributed by atoms with E-state index in [-0.39, 0.29) is 5.91 Å². The molecule has 0 aliphatic heterocycles. The van der Waals surface area contributed by atoms with Gasteiger partial charge in [0.15, 0.2) is 0 Å². The highest BCUT2D eigenvalue weighted by atomic mass is 35.5. The summed E-state index contributed by atoms with van der Waals surface area (Å²) in [7, 11) is 1.82. The third-order valence-corrected chi connectivity index (χ3v) is 3.18. The predicted molar refractivity (Wildman–Crippen MR) is 80.4 cm³/mol. The van der Waals surface area contributed by atoms with Crippen LogP contribution in [0.15, 0.2) is 42.5 Å². The standard InChI is InChI=1S/C14H12Cl2N2O/c1-17-11-5-2-9(3-6-11)14(19)18-13-8-10(15)4-7-12(13)16/h2-8,17H,1H3,(H,18,19). The largest absolute Gasteiger partial charge is 0.388 e. The second-order valence-electron chi connectivity index (χ2n) is 3.91. The summed E-state index contributed by atoms with van der Waals surface area (Å²) in [6.45, 7) is 0. The van der Waals surface area contributed by atoms with Crippen molar-refractivity contribution < 1.29 is 4.79 Å². The number of carbonyl (C=O) groups excluding carboxylic acids is 1. The summed E-state index contributed by atoms with van der Waals surface area (Å²) in [6, 6.07) is 12.1. The molecule has 3 nitrogen and oxygen atoms in total. The molecule has 1 amide bonds. The van der Waals surface area contributed by atoms with Crippen molar-refractivity contribution in [2.24, 2.45) is 0 Å². The molecule has 0 radical (unpaired) electrons. The molecule has 0 aromatic heterocycles. The van der Waals surface area contributed by atoms with Crippen LogP contribution in [0.1, 0.15) is 10.4 Å². The third-order valence-electron chi connectivity index (χ3n) is 2.61. The number of rotatable bonds is 3. The lowest BCUT2D eigenvalue weighted by Gasteiger charge is -2.08. The van der Waals surface area contributed by atoms with Crippen LogP contribution in [0.4, 0.5) is 11.4 Å². The van der Waals surface area contributed by atoms with Gasteiger partial charge in [-0.2, -0.15) is 0 Å². The lowest BCUT2D eigenvalue weighted by Crippen LogP contribution is -2.12. The van der Waals surface area contributed by atoms with Gasteiger partial charge in [0.05, 0.1) is 10.7 Å². The lowest BCUT2D eigenvalue weighted by molar-refractivity contribution is 0.102. The van der Waals surface area contributed by atoms with Crippen LogP contribution >= 0.6 is 23.2 Å². The molecular weight excluding hydrogens is 283 g/mol. The van der Waals surface area contributed by atoms with Gasteiger partial charge < -0.3 is 10.6 Å². The molecule has 5 heteroatoms. The lowest BCUT2D eigenvalue weighted by atomic mass is 10.2. The van der Waals surface area contributed by atoms with Gasteiger partial charge in [-0.3, -0.25) is 4.79 Å². The molecule has 0 saturated heterocycles. The Hall–Kier alpha value is -1.71. The van der Waals surface area contributed by atoms with Crippen LogP contribution in [0.2, 0.25) is 10.0 Å². The zero-order valence-electron chi connectivity index (χ0n) is 10.2. The fourth-order valence-electron chi connectivity index (χ4n) is 1.58. The topological polar surface area (TPSA) is 41.1 Å². The number of carbonyl (C=O) groups is 1. The fourth-order valence-corrected chi connectivity index (χ4v) is 1.91. The molecular formula is C14H12Cl2N2O. The predicted octanol–water partition coefficient (Wildman–Crippen LogP) is 4.29. The van der Waals surface area contributed by atoms with Crippen LogP contribution in [0.5, 0.6) is 0 Å². The van der Waals surface area contributed by atoms with Gasteiger partial charge in [-0.05, 0) is 42.5 Å². The van der Waals surface area contributed by atoms with E-state index >= 15 is 0 Å². The van der Waals surface area contributed by atoms with Crippen LogP contribution < -0.4 is 10.6 Å². The van der Waals surface area contributed by atoms with Crippen molar-refractivity contribution in [2.45, 2.75) is 0 Å². The van der Waals surface area contributed by atoms with Crippen LogP contribution in [0.25, 0.3) is 0 Å². The van der Waals surface area contributed by atoms with E-state index in [0.717, 1.165) is 5.69 Å². The number of halogens is 2. The van der Waals surface area contributed by atoms with Crippen molar-refractivity contribution >= 4 is 40.5 Å². The van der Waals surface area contributed by atoms with Gasteiger partial charge >= 0.3 is 0 Å². The minimum absolute atomic E-state index is 0.230. The first-order valence-corrected chi connectivity index (χ1v) is 6.40. The molecule has 0 aliphatic carbocycles. The monoisotopic (exact) mass is 294 g/mol. The third kappa shape index (κ3) is 3.40. The van der Waals surface area contributed by atoms with Gasteiger partial charge in [-0.1, -0.05) is 23.2 Å². The smallest absolute Gasteiger partial charge is 0.255 e. The fraction of sp³-hybridized carbons (Fsp3) is 0.0714. The molecule has 0 atom stereocenters. The summed E-state index contributed by atoms with van der Waals surface area (Å²) in [5.74, 6) is -0.230. The van der Waals surface area contributed by atoms with Gasteiger partial charge in [-0.15, -0.1) is 0 Å². The number of anilines is 2. The van der Waals surface area contributed by atoms with Crippen LogP contribution in [0.3, 0.4) is 0 Å². The van der Waals surface area contributed by atoms with E-state index in [1.54, 1.807) is 30.3 Å². The molecule has 0 unspecified atom stereocenters. The summed E-state index contributed by atoms with van der Waals surface area (Å²) in [5.41, 5.74) is 1.99. The SMILES string of the molecule is CNc1ccc(C(=O)Nc2cc(Cl)ccc2Cl)cc1. The van der Waals surface area contributed by atoms with Crippen molar-refractivity contribution in [3.05, 3.63) is 58.1 Å². The molecule has 0 fully saturated rings. The zero-order valence-corrected chi connectivity index (χ0v) is 11.7. The Labute approximate surface area is 121 Å². The molecule has 0 heterocycles. The molecule has 0 saturated carbocycles. The van der Waals surface area contributed by atoms with Gasteiger partial charge in [0, 0.05) is 23.3 Å². The minimum atomic E-state index is -0.230. The number of nitrogens with one attached hydrogen (secondary N) is 2. The molecule has 2 N–H and O–H groups in total. The summed E-state index contributed by atoms with van der Waals surface area (Å²) in [6.07, 6.45) is 0. The molecule has 2 rings (SSSR count). The van der Waals surface area contributed by atoms with Crippen LogP contribution in [-0.2, 0) is 0 Å². The second-order valence-corrected chi connectivity index (χ2v) is 4.75. The molecule has 0 spiro atoms. The van der Waals surface area contributed by atoms with E-state index in [1.165, 1.54) is 0 Å². The van der Waals surface area contributed by atoms with E-state index in [9.17, 15) is 4.79 Å². The maximum atomic E-state index is 12.0. The van der Waals surface area contributed by atoms with Crippen LogP contribution in [0, 0.1) is 0 Å². The highest BCUT2D eigenvalue weighted by molar-refractivity contribution is 6.35. The number of amides is 1. The summed E-state index contributed by atoms with van der Waals surface area (Å²) >= 11 is 11.9. The van der Waals surface area contributed by atoms with E-state index in [2.05, 4.69) is 10.6 Å². The molecule has 0 bridgehead atoms. The molecule has 2 aromatic rings. The van der Waals surface area contributed by atoms with Crippen LogP contribution in [-0.4, -0.2) is 13.0 Å². The quantitative estimate of drug-likeness (QED) is 0.887. The number of hydrogen-bond acceptors (Lipinski definition) is 2. The van der Waals surface area contributed by atoms with Crippen molar-refractivity contribution in [1.29, 1.82) is 0 Å². The van der Waals surface area contributed by atoms with Crippen molar-refractivity contribution in [3.63, 3.8) is 0 Å². The minimum Gasteiger partial charge on any atom is -0.388 e. The Bertz CT molecular complexity index is 597. The first-order valence-electron chi connectivity index (χ1n) is 5.64. The Kier molecular flexibility index (Phi) is 4.30. The first-order chi connectivity index (χ1) is 9.10. The molecule has 19 heavy (non-hydrogen) atoms. The van der Waals surface area contributed by atoms with Gasteiger partial charge in [0.25, 0.3) is 5.91 Å². The van der Waals surface area contributed by atoms with E-state index in [4.69, 9.17) is 23.2 Å². The Morgan fingerprint density at radius 3 is 2.37 bits per heavy atom. The van der Waals surface area contributed by atoms with E-state index < -0.39 is 0 Å². The molecule has 2 aromatic carbocycles. The Balaban J connectivity index is 2.18. The number of hydrogen-bond donors (Lipinski definition) is 2. The van der Waals surface area contributed by atoms with E-state index in [0.29, 0.717) is 21.3 Å². The van der Waals surface area contributed by atoms with Crippen molar-refractivity contribution in [2.75, 3.05) is 17.7 Å². The summed E-state index contributed by atoms with van der Waals surface area (Å²) in [4.78, 5) is 12.0. The van der Waals surface area contributed by atoms with Gasteiger partial charge in [0.1, 0.15) is 0 Å². The Morgan fingerprint density at radius 1 is 1.05 bits per heavy atom. The Morgan fingerprint density at radius 2 is 1.74 bits per heavy atom. The van der Waals surface area contributed by atoms with Gasteiger partial charge in [0.2, 0.25) is 0 Å². The molecule has 0 aliphatic rings. The summed E-state index contributed by atoms with van der Waals surface area (Å²) in [5, 5.41) is 6.69.